The number of carbonyl (C=O) groups is 1. The topological polar surface area (TPSA) is 42.0 Å². The zero-order chi connectivity index (χ0) is 22.7. The monoisotopic (exact) mass is 452 g/mol. The van der Waals surface area contributed by atoms with Crippen molar-refractivity contribution in [2.75, 3.05) is 47.4 Å². The van der Waals surface area contributed by atoms with Crippen molar-refractivity contribution in [3.63, 3.8) is 0 Å². The fourth-order valence-electron chi connectivity index (χ4n) is 4.52. The highest BCUT2D eigenvalue weighted by Crippen LogP contribution is 2.36. The number of likely N-dealkylation sites (N-methyl/N-ethyl adjacent to an activating group) is 1. The van der Waals surface area contributed by atoms with E-state index in [9.17, 15) is 4.79 Å². The molecule has 2 heterocycles. The van der Waals surface area contributed by atoms with Gasteiger partial charge in [-0.3, -0.25) is 4.79 Å². The Morgan fingerprint density at radius 2 is 1.97 bits per heavy atom. The molecule has 1 aromatic heterocycles. The molecule has 0 N–H and O–H groups in total. The zero-order valence-corrected chi connectivity index (χ0v) is 20.3. The first-order chi connectivity index (χ1) is 15.5. The number of methoxy groups -OCH3 is 2. The van der Waals surface area contributed by atoms with Crippen LogP contribution in [0.25, 0.3) is 10.1 Å². The second-order valence-electron chi connectivity index (χ2n) is 8.54. The lowest BCUT2D eigenvalue weighted by atomic mass is 9.97. The van der Waals surface area contributed by atoms with Gasteiger partial charge in [0.1, 0.15) is 0 Å². The van der Waals surface area contributed by atoms with Crippen LogP contribution in [0, 0.1) is 6.92 Å². The van der Waals surface area contributed by atoms with Gasteiger partial charge >= 0.3 is 0 Å². The van der Waals surface area contributed by atoms with Crippen LogP contribution in [0.4, 0.5) is 0 Å². The van der Waals surface area contributed by atoms with Crippen LogP contribution in [0.2, 0.25) is 0 Å². The van der Waals surface area contributed by atoms with E-state index < -0.39 is 0 Å². The minimum atomic E-state index is 0.0926. The molecule has 0 fully saturated rings. The molecule has 170 valence electrons. The minimum absolute atomic E-state index is 0.0926. The van der Waals surface area contributed by atoms with Gasteiger partial charge in [-0.2, -0.15) is 0 Å². The molecule has 1 amide bonds. The van der Waals surface area contributed by atoms with Gasteiger partial charge < -0.3 is 19.3 Å². The van der Waals surface area contributed by atoms with Crippen LogP contribution < -0.4 is 9.47 Å². The Hall–Kier alpha value is -2.57. The van der Waals surface area contributed by atoms with Crippen molar-refractivity contribution in [1.82, 2.24) is 9.80 Å². The van der Waals surface area contributed by atoms with Crippen LogP contribution in [0.5, 0.6) is 11.5 Å². The van der Waals surface area contributed by atoms with E-state index in [1.807, 2.05) is 28.4 Å². The molecule has 0 radical (unpaired) electrons. The van der Waals surface area contributed by atoms with E-state index in [0.29, 0.717) is 11.5 Å². The van der Waals surface area contributed by atoms with E-state index in [0.717, 1.165) is 56.6 Å². The number of hydrogen-bond acceptors (Lipinski definition) is 5. The Morgan fingerprint density at radius 3 is 2.75 bits per heavy atom. The first-order valence-corrected chi connectivity index (χ1v) is 12.1. The van der Waals surface area contributed by atoms with Crippen LogP contribution in [-0.2, 0) is 12.8 Å². The molecule has 0 bridgehead atoms. The van der Waals surface area contributed by atoms with Crippen LogP contribution >= 0.6 is 11.3 Å². The zero-order valence-electron chi connectivity index (χ0n) is 19.4. The van der Waals surface area contributed by atoms with Gasteiger partial charge in [0.05, 0.1) is 14.2 Å². The molecule has 0 saturated carbocycles. The van der Waals surface area contributed by atoms with Crippen LogP contribution in [0.15, 0.2) is 35.7 Å². The number of benzene rings is 2. The fourth-order valence-corrected chi connectivity index (χ4v) is 5.49. The molecule has 1 aliphatic heterocycles. The Morgan fingerprint density at radius 1 is 1.12 bits per heavy atom. The number of ether oxygens (including phenoxy) is 2. The Balaban J connectivity index is 1.29. The van der Waals surface area contributed by atoms with Crippen molar-refractivity contribution in [3.8, 4) is 11.5 Å². The third-order valence-electron chi connectivity index (χ3n) is 6.34. The van der Waals surface area contributed by atoms with Gasteiger partial charge in [0.25, 0.3) is 5.91 Å². The molecule has 1 aliphatic rings. The molecular weight excluding hydrogens is 420 g/mol. The summed E-state index contributed by atoms with van der Waals surface area (Å²) >= 11 is 1.83. The van der Waals surface area contributed by atoms with Crippen molar-refractivity contribution in [2.45, 2.75) is 26.2 Å². The quantitative estimate of drug-likeness (QED) is 0.468. The largest absolute Gasteiger partial charge is 0.493 e. The van der Waals surface area contributed by atoms with Crippen molar-refractivity contribution in [1.29, 1.82) is 0 Å². The maximum absolute atomic E-state index is 13.0. The van der Waals surface area contributed by atoms with E-state index in [1.54, 1.807) is 14.2 Å². The van der Waals surface area contributed by atoms with E-state index >= 15 is 0 Å². The van der Waals surface area contributed by atoms with Crippen molar-refractivity contribution in [3.05, 3.63) is 58.0 Å². The summed E-state index contributed by atoms with van der Waals surface area (Å²) in [4.78, 5) is 17.4. The normalized spacial score (nSPS) is 13.7. The minimum Gasteiger partial charge on any atom is -0.493 e. The molecule has 0 saturated heterocycles. The second-order valence-corrected chi connectivity index (χ2v) is 9.45. The third kappa shape index (κ3) is 4.62. The summed E-state index contributed by atoms with van der Waals surface area (Å²) < 4.78 is 12.3. The Labute approximate surface area is 194 Å². The first-order valence-electron chi connectivity index (χ1n) is 11.2. The fraction of sp³-hybridized carbons (Fsp3) is 0.423. The van der Waals surface area contributed by atoms with Crippen LogP contribution in [-0.4, -0.2) is 63.2 Å². The van der Waals surface area contributed by atoms with Crippen LogP contribution in [0.1, 0.15) is 33.5 Å². The number of thiophene rings is 1. The Bertz CT molecular complexity index is 1110. The maximum Gasteiger partial charge on any atom is 0.254 e. The molecule has 2 aromatic carbocycles. The summed E-state index contributed by atoms with van der Waals surface area (Å²) in [5.41, 5.74) is 4.45. The molecule has 0 unspecified atom stereocenters. The molecule has 32 heavy (non-hydrogen) atoms. The summed E-state index contributed by atoms with van der Waals surface area (Å²) in [5, 5.41) is 3.69. The van der Waals surface area contributed by atoms with Crippen LogP contribution in [0.3, 0.4) is 0 Å². The van der Waals surface area contributed by atoms with Gasteiger partial charge in [-0.25, -0.2) is 0 Å². The highest BCUT2D eigenvalue weighted by atomic mass is 32.1. The molecule has 0 atom stereocenters. The number of carbonyl (C=O) groups excluding carboxylic acids is 1. The highest BCUT2D eigenvalue weighted by molar-refractivity contribution is 7.17. The number of aryl methyl sites for hydroxylation is 1. The number of fused-ring (bicyclic) bond motifs is 2. The summed E-state index contributed by atoms with van der Waals surface area (Å²) in [7, 11) is 5.43. The third-order valence-corrected chi connectivity index (χ3v) is 7.35. The molecule has 0 aliphatic carbocycles. The lowest BCUT2D eigenvalue weighted by Gasteiger charge is -2.30. The molecule has 5 nitrogen and oxygen atoms in total. The number of amides is 1. The van der Waals surface area contributed by atoms with E-state index in [2.05, 4.69) is 42.5 Å². The van der Waals surface area contributed by atoms with Gasteiger partial charge in [0.15, 0.2) is 11.5 Å². The van der Waals surface area contributed by atoms with Crippen molar-refractivity contribution >= 4 is 27.3 Å². The molecule has 0 spiro atoms. The van der Waals surface area contributed by atoms with Crippen molar-refractivity contribution in [2.24, 2.45) is 0 Å². The molecule has 4 rings (SSSR count). The van der Waals surface area contributed by atoms with Gasteiger partial charge in [0, 0.05) is 35.5 Å². The summed E-state index contributed by atoms with van der Waals surface area (Å²) in [6.07, 6.45) is 2.81. The summed E-state index contributed by atoms with van der Waals surface area (Å²) in [6, 6.07) is 10.4. The lowest BCUT2D eigenvalue weighted by molar-refractivity contribution is 0.0731. The molecule has 3 aromatic rings. The maximum atomic E-state index is 13.0. The van der Waals surface area contributed by atoms with E-state index in [-0.39, 0.29) is 5.91 Å². The smallest absolute Gasteiger partial charge is 0.254 e. The second kappa shape index (κ2) is 9.92. The Kier molecular flexibility index (Phi) is 7.01. The van der Waals surface area contributed by atoms with Gasteiger partial charge in [0.2, 0.25) is 0 Å². The van der Waals surface area contributed by atoms with Gasteiger partial charge in [-0.15, -0.1) is 11.3 Å². The lowest BCUT2D eigenvalue weighted by Crippen LogP contribution is -2.39. The summed E-state index contributed by atoms with van der Waals surface area (Å²) in [6.45, 7) is 5.65. The van der Waals surface area contributed by atoms with E-state index in [4.69, 9.17) is 9.47 Å². The standard InChI is InChI=1S/C26H32N2O3S/c1-18-6-9-24-22(16-18)19(17-32-24)10-14-27(2)12-5-13-28-15-11-20-21(26(28)29)7-8-23(30-3)25(20)31-4/h6-9,16-17H,5,10-15H2,1-4H3. The number of hydrogen-bond donors (Lipinski definition) is 0. The molecular formula is C26H32N2O3S. The highest BCUT2D eigenvalue weighted by Gasteiger charge is 2.28. The summed E-state index contributed by atoms with van der Waals surface area (Å²) in [5.74, 6) is 1.46. The average Bonchev–Trinajstić information content (AvgIpc) is 3.20. The van der Waals surface area contributed by atoms with E-state index in [1.165, 1.54) is 21.2 Å². The SMILES string of the molecule is COc1ccc2c(c1OC)CCN(CCCN(C)CCc1csc3ccc(C)cc13)C2=O. The molecule has 6 heteroatoms. The predicted octanol–water partition coefficient (Wildman–Crippen LogP) is 4.79. The predicted molar refractivity (Wildman–Crippen MR) is 132 cm³/mol. The average molecular weight is 453 g/mol. The number of nitrogens with zero attached hydrogens (tertiary/aromatic N) is 2. The first kappa shape index (κ1) is 22.6. The number of rotatable bonds is 9. The van der Waals surface area contributed by atoms with Gasteiger partial charge in [-0.05, 0) is 74.3 Å². The van der Waals surface area contributed by atoms with Gasteiger partial charge in [-0.1, -0.05) is 17.7 Å². The van der Waals surface area contributed by atoms with Crippen molar-refractivity contribution < 1.29 is 14.3 Å².